The van der Waals surface area contributed by atoms with Crippen molar-refractivity contribution >= 4 is 23.2 Å². The second-order valence-electron chi connectivity index (χ2n) is 4.15. The molecule has 104 valence electrons. The van der Waals surface area contributed by atoms with Crippen molar-refractivity contribution in [2.24, 2.45) is 5.73 Å². The number of nitrogens with one attached hydrogen (secondary N) is 1. The van der Waals surface area contributed by atoms with Crippen molar-refractivity contribution in [2.45, 2.75) is 6.42 Å². The van der Waals surface area contributed by atoms with Crippen LogP contribution >= 0.6 is 12.2 Å². The summed E-state index contributed by atoms with van der Waals surface area (Å²) in [4.78, 5) is 8.61. The quantitative estimate of drug-likeness (QED) is 0.789. The van der Waals surface area contributed by atoms with Crippen molar-refractivity contribution in [1.82, 2.24) is 9.97 Å². The summed E-state index contributed by atoms with van der Waals surface area (Å²) in [6.45, 7) is 0.729. The van der Waals surface area contributed by atoms with Gasteiger partial charge in [-0.2, -0.15) is 0 Å². The van der Waals surface area contributed by atoms with Crippen LogP contribution in [0, 0.1) is 0 Å². The highest BCUT2D eigenvalue weighted by atomic mass is 32.1. The molecule has 1 heterocycles. The van der Waals surface area contributed by atoms with E-state index in [4.69, 9.17) is 22.7 Å². The van der Waals surface area contributed by atoms with Crippen molar-refractivity contribution in [3.8, 4) is 5.75 Å². The van der Waals surface area contributed by atoms with E-state index in [2.05, 4.69) is 15.3 Å². The monoisotopic (exact) mass is 288 g/mol. The first-order valence-corrected chi connectivity index (χ1v) is 6.59. The van der Waals surface area contributed by atoms with E-state index in [-0.39, 0.29) is 4.99 Å². The van der Waals surface area contributed by atoms with Crippen LogP contribution in [0.3, 0.4) is 0 Å². The summed E-state index contributed by atoms with van der Waals surface area (Å²) < 4.78 is 5.12. The standard InChI is InChI=1S/C14H16N4OS/c1-19-11-4-2-10(3-5-11)6-8-16-14-17-9-7-12(18-14)13(15)20/h2-5,7,9H,6,8H2,1H3,(H2,15,20)(H,16,17,18). The normalized spacial score (nSPS) is 10.1. The largest absolute Gasteiger partial charge is 0.497 e. The number of hydrogen-bond acceptors (Lipinski definition) is 5. The number of aromatic nitrogens is 2. The van der Waals surface area contributed by atoms with Crippen molar-refractivity contribution < 1.29 is 4.74 Å². The third-order valence-electron chi connectivity index (χ3n) is 2.76. The molecule has 0 saturated heterocycles. The zero-order valence-electron chi connectivity index (χ0n) is 11.2. The molecule has 20 heavy (non-hydrogen) atoms. The molecule has 0 amide bonds. The van der Waals surface area contributed by atoms with Crippen LogP contribution in [0.15, 0.2) is 36.5 Å². The van der Waals surface area contributed by atoms with Crippen LogP contribution < -0.4 is 15.8 Å². The smallest absolute Gasteiger partial charge is 0.223 e. The zero-order chi connectivity index (χ0) is 14.4. The van der Waals surface area contributed by atoms with Gasteiger partial charge in [0, 0.05) is 12.7 Å². The Morgan fingerprint density at radius 3 is 2.70 bits per heavy atom. The highest BCUT2D eigenvalue weighted by molar-refractivity contribution is 7.80. The summed E-state index contributed by atoms with van der Waals surface area (Å²) in [5.41, 5.74) is 7.31. The number of rotatable bonds is 6. The number of thiocarbonyl (C=S) groups is 1. The SMILES string of the molecule is COc1ccc(CCNc2nccc(C(N)=S)n2)cc1. The van der Waals surface area contributed by atoms with E-state index in [0.29, 0.717) is 11.6 Å². The molecule has 0 spiro atoms. The fourth-order valence-corrected chi connectivity index (χ4v) is 1.81. The molecular weight excluding hydrogens is 272 g/mol. The number of nitrogens with zero attached hydrogens (tertiary/aromatic N) is 2. The second-order valence-corrected chi connectivity index (χ2v) is 4.59. The Bertz CT molecular complexity index is 586. The van der Waals surface area contributed by atoms with Crippen LogP contribution in [-0.2, 0) is 6.42 Å². The first-order valence-electron chi connectivity index (χ1n) is 6.18. The molecule has 2 rings (SSSR count). The Labute approximate surface area is 123 Å². The Balaban J connectivity index is 1.88. The lowest BCUT2D eigenvalue weighted by molar-refractivity contribution is 0.414. The van der Waals surface area contributed by atoms with E-state index in [1.807, 2.05) is 24.3 Å². The van der Waals surface area contributed by atoms with Gasteiger partial charge >= 0.3 is 0 Å². The predicted octanol–water partition coefficient (Wildman–Crippen LogP) is 1.77. The van der Waals surface area contributed by atoms with Gasteiger partial charge in [-0.15, -0.1) is 0 Å². The van der Waals surface area contributed by atoms with Crippen LogP contribution in [0.4, 0.5) is 5.95 Å². The lowest BCUT2D eigenvalue weighted by Crippen LogP contribution is -2.14. The summed E-state index contributed by atoms with van der Waals surface area (Å²) in [7, 11) is 1.66. The molecule has 1 aromatic carbocycles. The Morgan fingerprint density at radius 2 is 2.05 bits per heavy atom. The molecule has 0 aliphatic carbocycles. The number of methoxy groups -OCH3 is 1. The molecular formula is C14H16N4OS. The van der Waals surface area contributed by atoms with Crippen molar-refractivity contribution in [2.75, 3.05) is 19.0 Å². The first-order chi connectivity index (χ1) is 9.69. The van der Waals surface area contributed by atoms with Gasteiger partial charge in [-0.25, -0.2) is 9.97 Å². The van der Waals surface area contributed by atoms with Crippen molar-refractivity contribution in [3.63, 3.8) is 0 Å². The topological polar surface area (TPSA) is 73.1 Å². The Hall–Kier alpha value is -2.21. The maximum absolute atomic E-state index is 5.53. The van der Waals surface area contributed by atoms with Crippen LogP contribution in [0.2, 0.25) is 0 Å². The Kier molecular flexibility index (Phi) is 4.84. The summed E-state index contributed by atoms with van der Waals surface area (Å²) >= 11 is 4.88. The molecule has 0 unspecified atom stereocenters. The number of hydrogen-bond donors (Lipinski definition) is 2. The van der Waals surface area contributed by atoms with Crippen molar-refractivity contribution in [3.05, 3.63) is 47.8 Å². The first kappa shape index (κ1) is 14.2. The molecule has 5 nitrogen and oxygen atoms in total. The van der Waals surface area contributed by atoms with Crippen LogP contribution in [0.5, 0.6) is 5.75 Å². The fourth-order valence-electron chi connectivity index (χ4n) is 1.69. The zero-order valence-corrected chi connectivity index (χ0v) is 12.0. The molecule has 3 N–H and O–H groups in total. The Morgan fingerprint density at radius 1 is 1.30 bits per heavy atom. The molecule has 1 aromatic heterocycles. The summed E-state index contributed by atoms with van der Waals surface area (Å²) in [6, 6.07) is 9.65. The molecule has 0 bridgehead atoms. The van der Waals surface area contributed by atoms with E-state index in [1.165, 1.54) is 5.56 Å². The number of nitrogens with two attached hydrogens (primary N) is 1. The average Bonchev–Trinajstić information content (AvgIpc) is 2.48. The van der Waals surface area contributed by atoms with E-state index >= 15 is 0 Å². The maximum Gasteiger partial charge on any atom is 0.223 e. The van der Waals surface area contributed by atoms with Gasteiger partial charge in [0.25, 0.3) is 0 Å². The lowest BCUT2D eigenvalue weighted by Gasteiger charge is -2.06. The van der Waals surface area contributed by atoms with Gasteiger partial charge in [0.05, 0.1) is 7.11 Å². The molecule has 0 saturated carbocycles. The molecule has 0 atom stereocenters. The summed E-state index contributed by atoms with van der Waals surface area (Å²) in [6.07, 6.45) is 2.50. The summed E-state index contributed by atoms with van der Waals surface area (Å²) in [5.74, 6) is 1.39. The van der Waals surface area contributed by atoms with Gasteiger partial charge in [0.15, 0.2) is 0 Å². The van der Waals surface area contributed by atoms with Gasteiger partial charge in [-0.3, -0.25) is 0 Å². The van der Waals surface area contributed by atoms with Gasteiger partial charge in [-0.05, 0) is 30.2 Å². The summed E-state index contributed by atoms with van der Waals surface area (Å²) in [5, 5.41) is 3.15. The number of benzene rings is 1. The predicted molar refractivity (Wildman–Crippen MR) is 83.1 cm³/mol. The van der Waals surface area contributed by atoms with E-state index in [1.54, 1.807) is 19.4 Å². The average molecular weight is 288 g/mol. The third kappa shape index (κ3) is 3.89. The van der Waals surface area contributed by atoms with E-state index in [9.17, 15) is 0 Å². The van der Waals surface area contributed by atoms with E-state index in [0.717, 1.165) is 18.7 Å². The van der Waals surface area contributed by atoms with Crippen LogP contribution in [0.25, 0.3) is 0 Å². The number of anilines is 1. The molecule has 0 fully saturated rings. The highest BCUT2D eigenvalue weighted by Crippen LogP contribution is 2.11. The van der Waals surface area contributed by atoms with Crippen LogP contribution in [-0.4, -0.2) is 28.6 Å². The molecule has 0 aliphatic heterocycles. The van der Waals surface area contributed by atoms with Crippen LogP contribution in [0.1, 0.15) is 11.3 Å². The molecule has 6 heteroatoms. The fraction of sp³-hybridized carbons (Fsp3) is 0.214. The lowest BCUT2D eigenvalue weighted by atomic mass is 10.1. The third-order valence-corrected chi connectivity index (χ3v) is 2.97. The minimum Gasteiger partial charge on any atom is -0.497 e. The minimum absolute atomic E-state index is 0.269. The highest BCUT2D eigenvalue weighted by Gasteiger charge is 2.01. The maximum atomic E-state index is 5.53. The van der Waals surface area contributed by atoms with Gasteiger partial charge in [0.2, 0.25) is 5.95 Å². The minimum atomic E-state index is 0.269. The van der Waals surface area contributed by atoms with Crippen molar-refractivity contribution in [1.29, 1.82) is 0 Å². The molecule has 0 aliphatic rings. The van der Waals surface area contributed by atoms with Gasteiger partial charge in [-0.1, -0.05) is 24.4 Å². The van der Waals surface area contributed by atoms with Gasteiger partial charge < -0.3 is 15.8 Å². The molecule has 2 aromatic rings. The second kappa shape index (κ2) is 6.81. The molecule has 0 radical (unpaired) electrons. The van der Waals surface area contributed by atoms with Gasteiger partial charge in [0.1, 0.15) is 16.4 Å². The number of ether oxygens (including phenoxy) is 1. The van der Waals surface area contributed by atoms with E-state index < -0.39 is 0 Å².